The number of pyridine rings is 1. The van der Waals surface area contributed by atoms with Crippen LogP contribution in [0.25, 0.3) is 22.0 Å². The van der Waals surface area contributed by atoms with E-state index in [0.29, 0.717) is 0 Å². The molecule has 0 saturated heterocycles. The summed E-state index contributed by atoms with van der Waals surface area (Å²) in [6.07, 6.45) is 3.66. The number of rotatable bonds is 5. The van der Waals surface area contributed by atoms with Crippen LogP contribution >= 0.6 is 39.0 Å². The van der Waals surface area contributed by atoms with E-state index < -0.39 is 0 Å². The van der Waals surface area contributed by atoms with E-state index in [1.54, 1.807) is 29.3 Å². The lowest BCUT2D eigenvalue weighted by Crippen LogP contribution is -1.85. The minimum atomic E-state index is 0.774. The lowest BCUT2D eigenvalue weighted by molar-refractivity contribution is 1.05. The standard InChI is InChI=1S/C18H13BrN4S2/c19-13-6-4-12(5-7-13)16-9-21-18(23-16)25-11-14-10-24-17(22-14)15-3-1-2-8-20-15/h1-10H,11H2,(H,21,23). The third kappa shape index (κ3) is 4.00. The number of aromatic nitrogens is 4. The molecule has 0 spiro atoms. The summed E-state index contributed by atoms with van der Waals surface area (Å²) in [4.78, 5) is 16.8. The molecular formula is C18H13BrN4S2. The molecule has 7 heteroatoms. The van der Waals surface area contributed by atoms with Crippen molar-refractivity contribution in [1.82, 2.24) is 19.9 Å². The molecule has 0 unspecified atom stereocenters. The van der Waals surface area contributed by atoms with Crippen molar-refractivity contribution in [3.05, 3.63) is 70.4 Å². The smallest absolute Gasteiger partial charge is 0.166 e. The summed E-state index contributed by atoms with van der Waals surface area (Å²) < 4.78 is 1.07. The second kappa shape index (κ2) is 7.51. The summed E-state index contributed by atoms with van der Waals surface area (Å²) in [5.41, 5.74) is 4.09. The van der Waals surface area contributed by atoms with Gasteiger partial charge in [-0.3, -0.25) is 4.98 Å². The average Bonchev–Trinajstić information content (AvgIpc) is 3.31. The van der Waals surface area contributed by atoms with Gasteiger partial charge in [0.05, 0.1) is 23.3 Å². The van der Waals surface area contributed by atoms with Gasteiger partial charge in [-0.05, 0) is 29.8 Å². The van der Waals surface area contributed by atoms with E-state index in [9.17, 15) is 0 Å². The van der Waals surface area contributed by atoms with E-state index in [-0.39, 0.29) is 0 Å². The molecule has 3 heterocycles. The fourth-order valence-corrected chi connectivity index (χ4v) is 4.18. The normalized spacial score (nSPS) is 10.9. The largest absolute Gasteiger partial charge is 0.333 e. The zero-order valence-electron chi connectivity index (χ0n) is 13.0. The Balaban J connectivity index is 1.42. The molecule has 0 amide bonds. The quantitative estimate of drug-likeness (QED) is 0.417. The Hall–Kier alpha value is -1.96. The SMILES string of the molecule is Brc1ccc(-c2cnc(SCc3csc(-c4ccccn4)n3)[nH]2)cc1. The minimum Gasteiger partial charge on any atom is -0.333 e. The number of thiazole rings is 1. The number of aromatic amines is 1. The molecule has 0 radical (unpaired) electrons. The van der Waals surface area contributed by atoms with Crippen LogP contribution in [0.3, 0.4) is 0 Å². The van der Waals surface area contributed by atoms with Gasteiger partial charge in [0.25, 0.3) is 0 Å². The second-order valence-corrected chi connectivity index (χ2v) is 7.99. The van der Waals surface area contributed by atoms with Crippen LogP contribution in [0, 0.1) is 0 Å². The highest BCUT2D eigenvalue weighted by Crippen LogP contribution is 2.27. The number of halogens is 1. The summed E-state index contributed by atoms with van der Waals surface area (Å²) in [7, 11) is 0. The molecule has 25 heavy (non-hydrogen) atoms. The maximum atomic E-state index is 4.66. The predicted molar refractivity (Wildman–Crippen MR) is 107 cm³/mol. The second-order valence-electron chi connectivity index (χ2n) is 5.26. The van der Waals surface area contributed by atoms with Gasteiger partial charge in [-0.1, -0.05) is 45.9 Å². The van der Waals surface area contributed by atoms with Crippen LogP contribution in [0.4, 0.5) is 0 Å². The first kappa shape index (κ1) is 16.5. The molecule has 4 nitrogen and oxygen atoms in total. The number of H-pyrrole nitrogens is 1. The zero-order chi connectivity index (χ0) is 17.1. The highest BCUT2D eigenvalue weighted by atomic mass is 79.9. The minimum absolute atomic E-state index is 0.774. The maximum absolute atomic E-state index is 4.66. The third-order valence-electron chi connectivity index (χ3n) is 3.50. The van der Waals surface area contributed by atoms with Crippen molar-refractivity contribution in [2.75, 3.05) is 0 Å². The lowest BCUT2D eigenvalue weighted by atomic mass is 10.2. The first-order chi connectivity index (χ1) is 12.3. The van der Waals surface area contributed by atoms with Crippen molar-refractivity contribution in [2.45, 2.75) is 10.9 Å². The van der Waals surface area contributed by atoms with E-state index in [4.69, 9.17) is 0 Å². The summed E-state index contributed by atoms with van der Waals surface area (Å²) >= 11 is 6.72. The molecule has 0 saturated carbocycles. The summed E-state index contributed by atoms with van der Waals surface area (Å²) in [6, 6.07) is 14.0. The molecule has 4 aromatic rings. The summed E-state index contributed by atoms with van der Waals surface area (Å²) in [5.74, 6) is 0.774. The Labute approximate surface area is 161 Å². The first-order valence-electron chi connectivity index (χ1n) is 7.57. The number of hydrogen-bond donors (Lipinski definition) is 1. The first-order valence-corrected chi connectivity index (χ1v) is 10.2. The summed E-state index contributed by atoms with van der Waals surface area (Å²) in [5, 5.41) is 3.92. The molecule has 0 aliphatic heterocycles. The van der Waals surface area contributed by atoms with Crippen LogP contribution < -0.4 is 0 Å². The molecule has 0 fully saturated rings. The Bertz CT molecular complexity index is 964. The van der Waals surface area contributed by atoms with Crippen molar-refractivity contribution < 1.29 is 0 Å². The molecule has 0 bridgehead atoms. The highest BCUT2D eigenvalue weighted by molar-refractivity contribution is 9.10. The van der Waals surface area contributed by atoms with E-state index >= 15 is 0 Å². The lowest BCUT2D eigenvalue weighted by Gasteiger charge is -1.98. The average molecular weight is 429 g/mol. The van der Waals surface area contributed by atoms with Gasteiger partial charge in [0.1, 0.15) is 5.01 Å². The number of benzene rings is 1. The number of nitrogens with one attached hydrogen (secondary N) is 1. The van der Waals surface area contributed by atoms with Gasteiger partial charge in [-0.2, -0.15) is 0 Å². The van der Waals surface area contributed by atoms with Crippen LogP contribution in [0.1, 0.15) is 5.69 Å². The van der Waals surface area contributed by atoms with E-state index in [1.807, 2.05) is 36.5 Å². The molecule has 0 aliphatic rings. The molecular weight excluding hydrogens is 416 g/mol. The summed E-state index contributed by atoms with van der Waals surface area (Å²) in [6.45, 7) is 0. The van der Waals surface area contributed by atoms with Crippen LogP contribution in [-0.2, 0) is 5.75 Å². The number of hydrogen-bond acceptors (Lipinski definition) is 5. The molecule has 0 atom stereocenters. The molecule has 3 aromatic heterocycles. The monoisotopic (exact) mass is 428 g/mol. The van der Waals surface area contributed by atoms with Crippen LogP contribution in [0.5, 0.6) is 0 Å². The number of thioether (sulfide) groups is 1. The fourth-order valence-electron chi connectivity index (χ4n) is 2.27. The number of nitrogens with zero attached hydrogens (tertiary/aromatic N) is 3. The van der Waals surface area contributed by atoms with Crippen molar-refractivity contribution in [2.24, 2.45) is 0 Å². The third-order valence-corrected chi connectivity index (χ3v) is 5.86. The van der Waals surface area contributed by atoms with Crippen molar-refractivity contribution in [3.8, 4) is 22.0 Å². The van der Waals surface area contributed by atoms with Gasteiger partial charge in [0.15, 0.2) is 5.16 Å². The predicted octanol–water partition coefficient (Wildman–Crippen LogP) is 5.65. The van der Waals surface area contributed by atoms with Crippen molar-refractivity contribution in [3.63, 3.8) is 0 Å². The van der Waals surface area contributed by atoms with Crippen molar-refractivity contribution in [1.29, 1.82) is 0 Å². The highest BCUT2D eigenvalue weighted by Gasteiger charge is 2.08. The Morgan fingerprint density at radius 1 is 1.08 bits per heavy atom. The Morgan fingerprint density at radius 2 is 1.96 bits per heavy atom. The zero-order valence-corrected chi connectivity index (χ0v) is 16.2. The van der Waals surface area contributed by atoms with Gasteiger partial charge in [0, 0.05) is 21.8 Å². The van der Waals surface area contributed by atoms with Gasteiger partial charge in [-0.15, -0.1) is 11.3 Å². The van der Waals surface area contributed by atoms with Crippen molar-refractivity contribution >= 4 is 39.0 Å². The molecule has 124 valence electrons. The Kier molecular flexibility index (Phi) is 4.96. The van der Waals surface area contributed by atoms with E-state index in [1.165, 1.54) is 0 Å². The van der Waals surface area contributed by atoms with Crippen LogP contribution in [0.15, 0.2) is 69.9 Å². The van der Waals surface area contributed by atoms with Gasteiger partial charge < -0.3 is 4.98 Å². The molecule has 1 aromatic carbocycles. The van der Waals surface area contributed by atoms with Gasteiger partial charge in [-0.25, -0.2) is 9.97 Å². The van der Waals surface area contributed by atoms with Gasteiger partial charge in [0.2, 0.25) is 0 Å². The van der Waals surface area contributed by atoms with E-state index in [0.717, 1.165) is 43.0 Å². The molecule has 0 aliphatic carbocycles. The Morgan fingerprint density at radius 3 is 2.76 bits per heavy atom. The topological polar surface area (TPSA) is 54.5 Å². The van der Waals surface area contributed by atoms with Crippen LogP contribution in [-0.4, -0.2) is 19.9 Å². The fraction of sp³-hybridized carbons (Fsp3) is 0.0556. The maximum Gasteiger partial charge on any atom is 0.166 e. The van der Waals surface area contributed by atoms with E-state index in [2.05, 4.69) is 53.4 Å². The van der Waals surface area contributed by atoms with Gasteiger partial charge >= 0.3 is 0 Å². The number of imidazole rings is 1. The van der Waals surface area contributed by atoms with Crippen LogP contribution in [0.2, 0.25) is 0 Å². The molecule has 1 N–H and O–H groups in total. The molecule has 4 rings (SSSR count).